The molecule has 0 atom stereocenters. The number of nitrogens with zero attached hydrogens (tertiary/aromatic N) is 2. The Kier molecular flexibility index (Phi) is 7.53. The highest BCUT2D eigenvalue weighted by molar-refractivity contribution is 8.00. The van der Waals surface area contributed by atoms with Gasteiger partial charge in [0, 0.05) is 11.4 Å². The van der Waals surface area contributed by atoms with E-state index in [0.29, 0.717) is 4.90 Å². The van der Waals surface area contributed by atoms with E-state index in [1.807, 2.05) is 44.2 Å². The molecular weight excluding hydrogens is 431 g/mol. The van der Waals surface area contributed by atoms with Gasteiger partial charge in [0.1, 0.15) is 11.6 Å². The zero-order valence-corrected chi connectivity index (χ0v) is 18.7. The van der Waals surface area contributed by atoms with Gasteiger partial charge in [-0.2, -0.15) is 0 Å². The fourth-order valence-electron chi connectivity index (χ4n) is 3.22. The molecule has 0 saturated carbocycles. The minimum atomic E-state index is -0.735. The Balaban J connectivity index is 1.96. The quantitative estimate of drug-likeness (QED) is 0.507. The third-order valence-electron chi connectivity index (χ3n) is 4.70. The maximum absolute atomic E-state index is 13.9. The molecule has 0 bridgehead atoms. The van der Waals surface area contributed by atoms with Crippen LogP contribution in [0.25, 0.3) is 0 Å². The number of thioether (sulfide) groups is 1. The van der Waals surface area contributed by atoms with E-state index in [2.05, 4.69) is 4.98 Å². The average molecular weight is 457 g/mol. The first-order valence-electron chi connectivity index (χ1n) is 10.1. The van der Waals surface area contributed by atoms with Gasteiger partial charge in [-0.05, 0) is 23.6 Å². The number of nitrogens with two attached hydrogens (primary N) is 1. The third-order valence-corrected chi connectivity index (χ3v) is 5.74. The molecule has 9 heteroatoms. The number of amides is 1. The summed E-state index contributed by atoms with van der Waals surface area (Å²) in [6, 6.07) is 15.3. The Morgan fingerprint density at radius 1 is 1.12 bits per heavy atom. The van der Waals surface area contributed by atoms with Crippen LogP contribution in [0.4, 0.5) is 15.9 Å². The van der Waals surface area contributed by atoms with E-state index in [1.165, 1.54) is 15.5 Å². The molecule has 3 N–H and O–H groups in total. The Morgan fingerprint density at radius 3 is 2.44 bits per heavy atom. The Bertz CT molecular complexity index is 1210. The maximum atomic E-state index is 13.9. The number of rotatable bonds is 8. The van der Waals surface area contributed by atoms with E-state index < -0.39 is 23.0 Å². The lowest BCUT2D eigenvalue weighted by Crippen LogP contribution is -2.43. The monoisotopic (exact) mass is 456 g/mol. The average Bonchev–Trinajstić information content (AvgIpc) is 2.75. The molecule has 1 heterocycles. The van der Waals surface area contributed by atoms with Gasteiger partial charge in [-0.3, -0.25) is 19.1 Å². The highest BCUT2D eigenvalue weighted by Crippen LogP contribution is 2.24. The van der Waals surface area contributed by atoms with Crippen LogP contribution in [0.1, 0.15) is 19.4 Å². The van der Waals surface area contributed by atoms with Crippen molar-refractivity contribution in [3.8, 4) is 0 Å². The summed E-state index contributed by atoms with van der Waals surface area (Å²) in [5, 5.41) is 0. The number of anilines is 2. The van der Waals surface area contributed by atoms with Gasteiger partial charge >= 0.3 is 5.69 Å². The molecule has 3 aromatic rings. The number of H-pyrrole nitrogens is 1. The fraction of sp³-hybridized carbons (Fsp3) is 0.261. The molecule has 0 spiro atoms. The normalized spacial score (nSPS) is 11.0. The predicted octanol–water partition coefficient (Wildman–Crippen LogP) is 3.09. The summed E-state index contributed by atoms with van der Waals surface area (Å²) in [5.41, 5.74) is 5.61. The van der Waals surface area contributed by atoms with Crippen molar-refractivity contribution in [3.05, 3.63) is 86.8 Å². The third kappa shape index (κ3) is 5.47. The number of aromatic amines is 1. The summed E-state index contributed by atoms with van der Waals surface area (Å²) in [7, 11) is 0. The molecule has 0 aliphatic heterocycles. The zero-order valence-electron chi connectivity index (χ0n) is 17.9. The standard InChI is InChI=1S/C23H25FN4O3S/c1-15(2)12-27(19(29)14-32-18-11-7-6-10-17(18)24)20-21(25)28(23(31)26-22(20)30)13-16-8-4-3-5-9-16/h3-11,15H,12-14,25H2,1-2H3,(H,26,30,31). The molecule has 7 nitrogen and oxygen atoms in total. The number of carbonyl (C=O) groups is 1. The van der Waals surface area contributed by atoms with Gasteiger partial charge < -0.3 is 10.6 Å². The van der Waals surface area contributed by atoms with E-state index in [1.54, 1.807) is 18.2 Å². The van der Waals surface area contributed by atoms with Crippen LogP contribution in [0.3, 0.4) is 0 Å². The topological polar surface area (TPSA) is 101 Å². The van der Waals surface area contributed by atoms with Crippen LogP contribution in [0.15, 0.2) is 69.1 Å². The second-order valence-electron chi connectivity index (χ2n) is 7.68. The number of aromatic nitrogens is 2. The zero-order chi connectivity index (χ0) is 23.3. The number of benzene rings is 2. The lowest BCUT2D eigenvalue weighted by atomic mass is 10.2. The molecule has 0 radical (unpaired) electrons. The first-order valence-corrected chi connectivity index (χ1v) is 11.1. The van der Waals surface area contributed by atoms with Crippen molar-refractivity contribution in [2.24, 2.45) is 5.92 Å². The molecule has 3 rings (SSSR count). The van der Waals surface area contributed by atoms with E-state index in [0.717, 1.165) is 17.3 Å². The number of nitrogens with one attached hydrogen (secondary N) is 1. The van der Waals surface area contributed by atoms with Crippen molar-refractivity contribution >= 4 is 29.2 Å². The van der Waals surface area contributed by atoms with Gasteiger partial charge in [0.25, 0.3) is 5.56 Å². The number of hydrogen-bond donors (Lipinski definition) is 2. The number of carbonyl (C=O) groups excluding carboxylic acids is 1. The van der Waals surface area contributed by atoms with Gasteiger partial charge in [-0.25, -0.2) is 9.18 Å². The largest absolute Gasteiger partial charge is 0.383 e. The minimum absolute atomic E-state index is 0.0192. The van der Waals surface area contributed by atoms with Crippen LogP contribution in [-0.2, 0) is 11.3 Å². The van der Waals surface area contributed by atoms with Crippen molar-refractivity contribution in [1.82, 2.24) is 9.55 Å². The molecule has 0 aliphatic rings. The van der Waals surface area contributed by atoms with Crippen molar-refractivity contribution in [3.63, 3.8) is 0 Å². The summed E-state index contributed by atoms with van der Waals surface area (Å²) < 4.78 is 15.2. The molecule has 0 fully saturated rings. The molecule has 168 valence electrons. The number of hydrogen-bond acceptors (Lipinski definition) is 5. The molecule has 2 aromatic carbocycles. The Hall–Kier alpha value is -3.33. The summed E-state index contributed by atoms with van der Waals surface area (Å²) in [5.74, 6) is -0.994. The SMILES string of the molecule is CC(C)CN(C(=O)CSc1ccccc1F)c1c(N)n(Cc2ccccc2)c(=O)[nH]c1=O. The lowest BCUT2D eigenvalue weighted by Gasteiger charge is -2.26. The first-order chi connectivity index (χ1) is 15.3. The van der Waals surface area contributed by atoms with Crippen LogP contribution in [-0.4, -0.2) is 27.8 Å². The molecule has 0 saturated heterocycles. The summed E-state index contributed by atoms with van der Waals surface area (Å²) in [4.78, 5) is 42.2. The van der Waals surface area contributed by atoms with Crippen molar-refractivity contribution in [2.45, 2.75) is 25.3 Å². The van der Waals surface area contributed by atoms with Crippen LogP contribution in [0.2, 0.25) is 0 Å². The second-order valence-corrected chi connectivity index (χ2v) is 8.70. The maximum Gasteiger partial charge on any atom is 0.330 e. The van der Waals surface area contributed by atoms with Crippen molar-refractivity contribution in [2.75, 3.05) is 22.9 Å². The summed E-state index contributed by atoms with van der Waals surface area (Å²) in [6.45, 7) is 4.15. The van der Waals surface area contributed by atoms with E-state index in [9.17, 15) is 18.8 Å². The van der Waals surface area contributed by atoms with Gasteiger partial charge in [0.15, 0.2) is 5.69 Å². The minimum Gasteiger partial charge on any atom is -0.383 e. The Morgan fingerprint density at radius 2 is 1.78 bits per heavy atom. The first kappa shape index (κ1) is 23.3. The van der Waals surface area contributed by atoms with E-state index >= 15 is 0 Å². The highest BCUT2D eigenvalue weighted by Gasteiger charge is 2.25. The fourth-order valence-corrected chi connectivity index (χ4v) is 4.04. The number of nitrogen functional groups attached to an aromatic ring is 1. The van der Waals surface area contributed by atoms with Crippen molar-refractivity contribution < 1.29 is 9.18 Å². The van der Waals surface area contributed by atoms with Crippen LogP contribution in [0, 0.1) is 11.7 Å². The van der Waals surface area contributed by atoms with Gasteiger partial charge in [0.2, 0.25) is 5.91 Å². The van der Waals surface area contributed by atoms with Gasteiger partial charge in [-0.15, -0.1) is 11.8 Å². The van der Waals surface area contributed by atoms with E-state index in [4.69, 9.17) is 5.73 Å². The van der Waals surface area contributed by atoms with Crippen LogP contribution in [0.5, 0.6) is 0 Å². The Labute approximate surface area is 189 Å². The molecule has 1 aromatic heterocycles. The summed E-state index contributed by atoms with van der Waals surface area (Å²) in [6.07, 6.45) is 0. The molecule has 1 amide bonds. The molecule has 0 unspecified atom stereocenters. The number of halogens is 1. The van der Waals surface area contributed by atoms with Crippen LogP contribution >= 0.6 is 11.8 Å². The lowest BCUT2D eigenvalue weighted by molar-refractivity contribution is -0.116. The van der Waals surface area contributed by atoms with Crippen LogP contribution < -0.4 is 21.9 Å². The molecular formula is C23H25FN4O3S. The van der Waals surface area contributed by atoms with E-state index in [-0.39, 0.29) is 36.3 Å². The smallest absolute Gasteiger partial charge is 0.330 e. The van der Waals surface area contributed by atoms with Crippen molar-refractivity contribution in [1.29, 1.82) is 0 Å². The van der Waals surface area contributed by atoms with Gasteiger partial charge in [0.05, 0.1) is 12.3 Å². The van der Waals surface area contributed by atoms with Gasteiger partial charge in [-0.1, -0.05) is 56.3 Å². The molecule has 0 aliphatic carbocycles. The summed E-state index contributed by atoms with van der Waals surface area (Å²) >= 11 is 1.04. The second kappa shape index (κ2) is 10.3. The predicted molar refractivity (Wildman–Crippen MR) is 126 cm³/mol. The molecule has 32 heavy (non-hydrogen) atoms. The highest BCUT2D eigenvalue weighted by atomic mass is 32.2.